The first-order chi connectivity index (χ1) is 13.0. The summed E-state index contributed by atoms with van der Waals surface area (Å²) >= 11 is 0. The lowest BCUT2D eigenvalue weighted by Crippen LogP contribution is -2.08. The molecule has 27 heavy (non-hydrogen) atoms. The summed E-state index contributed by atoms with van der Waals surface area (Å²) in [6.07, 6.45) is 4.47. The van der Waals surface area contributed by atoms with Crippen LogP contribution in [-0.2, 0) is 11.2 Å². The molecule has 2 aromatic carbocycles. The molecule has 0 amide bonds. The molecular weight excluding hydrogens is 340 g/mol. The van der Waals surface area contributed by atoms with Crippen molar-refractivity contribution >= 4 is 5.97 Å². The van der Waals surface area contributed by atoms with Crippen LogP contribution in [0.15, 0.2) is 30.3 Å². The maximum Gasteiger partial charge on any atom is 0.338 e. The Morgan fingerprint density at radius 3 is 2.19 bits per heavy atom. The molecule has 4 heteroatoms. The lowest BCUT2D eigenvalue weighted by atomic mass is 9.94. The van der Waals surface area contributed by atoms with Gasteiger partial charge in [0, 0.05) is 5.56 Å². The summed E-state index contributed by atoms with van der Waals surface area (Å²) in [4.78, 5) is 12.5. The summed E-state index contributed by atoms with van der Waals surface area (Å²) in [5.41, 5.74) is 4.28. The van der Waals surface area contributed by atoms with Crippen LogP contribution in [0.25, 0.3) is 11.1 Å². The van der Waals surface area contributed by atoms with E-state index in [1.807, 2.05) is 31.2 Å². The van der Waals surface area contributed by atoms with Crippen molar-refractivity contribution in [2.45, 2.75) is 46.5 Å². The van der Waals surface area contributed by atoms with Gasteiger partial charge in [-0.05, 0) is 50.5 Å². The molecule has 2 rings (SSSR count). The number of methoxy groups -OCH3 is 2. The Kier molecular flexibility index (Phi) is 7.71. The van der Waals surface area contributed by atoms with E-state index in [-0.39, 0.29) is 5.97 Å². The summed E-state index contributed by atoms with van der Waals surface area (Å²) < 4.78 is 16.6. The van der Waals surface area contributed by atoms with Crippen LogP contribution < -0.4 is 9.47 Å². The fraction of sp³-hybridized carbons (Fsp3) is 0.435. The molecule has 0 saturated carbocycles. The van der Waals surface area contributed by atoms with Gasteiger partial charge in [-0.3, -0.25) is 0 Å². The predicted octanol–water partition coefficient (Wildman–Crippen LogP) is 5.59. The molecule has 0 aliphatic heterocycles. The Bertz CT molecular complexity index is 755. The van der Waals surface area contributed by atoms with Crippen molar-refractivity contribution in [2.24, 2.45) is 0 Å². The summed E-state index contributed by atoms with van der Waals surface area (Å²) in [5, 5.41) is 0. The first-order valence-electron chi connectivity index (χ1n) is 9.58. The topological polar surface area (TPSA) is 44.8 Å². The highest BCUT2D eigenvalue weighted by Gasteiger charge is 2.21. The molecule has 4 nitrogen and oxygen atoms in total. The zero-order chi connectivity index (χ0) is 19.8. The summed E-state index contributed by atoms with van der Waals surface area (Å²) in [6.45, 7) is 6.32. The van der Waals surface area contributed by atoms with E-state index in [0.29, 0.717) is 23.7 Å². The SMILES string of the molecule is CCCCCc1cc(OC)c(-c2cc(C)ccc2C(=O)OCC)c(OC)c1. The predicted molar refractivity (Wildman–Crippen MR) is 109 cm³/mol. The molecule has 0 aromatic heterocycles. The quantitative estimate of drug-likeness (QED) is 0.426. The Morgan fingerprint density at radius 2 is 1.63 bits per heavy atom. The van der Waals surface area contributed by atoms with Gasteiger partial charge >= 0.3 is 5.97 Å². The van der Waals surface area contributed by atoms with E-state index in [1.54, 1.807) is 27.2 Å². The molecule has 0 spiro atoms. The highest BCUT2D eigenvalue weighted by Crippen LogP contribution is 2.42. The molecule has 0 fully saturated rings. The van der Waals surface area contributed by atoms with Crippen LogP contribution in [0, 0.1) is 6.92 Å². The van der Waals surface area contributed by atoms with E-state index >= 15 is 0 Å². The molecular formula is C23H30O4. The first kappa shape index (κ1) is 20.8. The highest BCUT2D eigenvalue weighted by molar-refractivity contribution is 5.99. The smallest absolute Gasteiger partial charge is 0.338 e. The van der Waals surface area contributed by atoms with Gasteiger partial charge in [-0.2, -0.15) is 0 Å². The van der Waals surface area contributed by atoms with Crippen LogP contribution in [0.1, 0.15) is 54.6 Å². The minimum atomic E-state index is -0.344. The number of hydrogen-bond donors (Lipinski definition) is 0. The number of aryl methyl sites for hydroxylation is 2. The number of esters is 1. The molecule has 0 bridgehead atoms. The average molecular weight is 370 g/mol. The number of unbranched alkanes of at least 4 members (excludes halogenated alkanes) is 2. The minimum absolute atomic E-state index is 0.330. The van der Waals surface area contributed by atoms with Gasteiger partial charge in [-0.25, -0.2) is 4.79 Å². The third kappa shape index (κ3) is 5.03. The van der Waals surface area contributed by atoms with E-state index in [9.17, 15) is 4.79 Å². The maximum atomic E-state index is 12.5. The van der Waals surface area contributed by atoms with E-state index in [1.165, 1.54) is 18.4 Å². The van der Waals surface area contributed by atoms with Gasteiger partial charge in [-0.15, -0.1) is 0 Å². The molecule has 0 aliphatic rings. The number of rotatable bonds is 9. The second-order valence-corrected chi connectivity index (χ2v) is 6.60. The molecule has 0 unspecified atom stereocenters. The van der Waals surface area contributed by atoms with Crippen molar-refractivity contribution in [1.29, 1.82) is 0 Å². The van der Waals surface area contributed by atoms with Crippen LogP contribution in [0.2, 0.25) is 0 Å². The lowest BCUT2D eigenvalue weighted by molar-refractivity contribution is 0.0527. The molecule has 0 radical (unpaired) electrons. The van der Waals surface area contributed by atoms with E-state index in [4.69, 9.17) is 14.2 Å². The van der Waals surface area contributed by atoms with Crippen LogP contribution in [0.5, 0.6) is 11.5 Å². The Labute approximate surface area is 162 Å². The fourth-order valence-corrected chi connectivity index (χ4v) is 3.21. The second-order valence-electron chi connectivity index (χ2n) is 6.60. The maximum absolute atomic E-state index is 12.5. The first-order valence-corrected chi connectivity index (χ1v) is 9.58. The summed E-state index contributed by atoms with van der Waals surface area (Å²) in [5.74, 6) is 1.07. The number of benzene rings is 2. The van der Waals surface area contributed by atoms with E-state index in [2.05, 4.69) is 6.92 Å². The standard InChI is InChI=1S/C23H30O4/c1-6-8-9-10-17-14-20(25-4)22(21(15-17)26-5)19-13-16(3)11-12-18(19)23(24)27-7-2/h11-15H,6-10H2,1-5H3. The third-order valence-electron chi connectivity index (χ3n) is 4.57. The van der Waals surface area contributed by atoms with Gasteiger partial charge in [0.15, 0.2) is 0 Å². The van der Waals surface area contributed by atoms with Crippen LogP contribution in [-0.4, -0.2) is 26.8 Å². The number of carbonyl (C=O) groups is 1. The Morgan fingerprint density at radius 1 is 0.963 bits per heavy atom. The number of hydrogen-bond acceptors (Lipinski definition) is 4. The summed E-state index contributed by atoms with van der Waals surface area (Å²) in [7, 11) is 3.29. The fourth-order valence-electron chi connectivity index (χ4n) is 3.21. The second kappa shape index (κ2) is 10.0. The van der Waals surface area contributed by atoms with Crippen molar-refractivity contribution in [2.75, 3.05) is 20.8 Å². The minimum Gasteiger partial charge on any atom is -0.496 e. The van der Waals surface area contributed by atoms with Gasteiger partial charge in [0.25, 0.3) is 0 Å². The molecule has 0 atom stereocenters. The van der Waals surface area contributed by atoms with Crippen LogP contribution >= 0.6 is 0 Å². The number of ether oxygens (including phenoxy) is 3. The van der Waals surface area contributed by atoms with Crippen molar-refractivity contribution in [3.05, 3.63) is 47.0 Å². The van der Waals surface area contributed by atoms with Gasteiger partial charge in [0.1, 0.15) is 11.5 Å². The van der Waals surface area contributed by atoms with Gasteiger partial charge < -0.3 is 14.2 Å². The summed E-state index contributed by atoms with van der Waals surface area (Å²) in [6, 6.07) is 9.78. The monoisotopic (exact) mass is 370 g/mol. The van der Waals surface area contributed by atoms with Crippen molar-refractivity contribution < 1.29 is 19.0 Å². The molecule has 2 aromatic rings. The molecule has 146 valence electrons. The lowest BCUT2D eigenvalue weighted by Gasteiger charge is -2.18. The van der Waals surface area contributed by atoms with Crippen molar-refractivity contribution in [1.82, 2.24) is 0 Å². The number of carbonyl (C=O) groups excluding carboxylic acids is 1. The van der Waals surface area contributed by atoms with E-state index in [0.717, 1.165) is 29.5 Å². The molecule has 0 saturated heterocycles. The molecule has 0 N–H and O–H groups in total. The van der Waals surface area contributed by atoms with Gasteiger partial charge in [0.2, 0.25) is 0 Å². The molecule has 0 aliphatic carbocycles. The zero-order valence-electron chi connectivity index (χ0n) is 17.1. The normalized spacial score (nSPS) is 10.6. The van der Waals surface area contributed by atoms with Crippen molar-refractivity contribution in [3.63, 3.8) is 0 Å². The van der Waals surface area contributed by atoms with Gasteiger partial charge in [0.05, 0.1) is 32.0 Å². The van der Waals surface area contributed by atoms with E-state index < -0.39 is 0 Å². The third-order valence-corrected chi connectivity index (χ3v) is 4.57. The Hall–Kier alpha value is -2.49. The highest BCUT2D eigenvalue weighted by atomic mass is 16.5. The Balaban J connectivity index is 2.60. The van der Waals surface area contributed by atoms with Gasteiger partial charge in [-0.1, -0.05) is 37.5 Å². The van der Waals surface area contributed by atoms with Crippen LogP contribution in [0.4, 0.5) is 0 Å². The average Bonchev–Trinajstić information content (AvgIpc) is 2.67. The largest absolute Gasteiger partial charge is 0.496 e. The molecule has 0 heterocycles. The van der Waals surface area contributed by atoms with Crippen LogP contribution in [0.3, 0.4) is 0 Å². The zero-order valence-corrected chi connectivity index (χ0v) is 17.1. The van der Waals surface area contributed by atoms with Crippen molar-refractivity contribution in [3.8, 4) is 22.6 Å².